The van der Waals surface area contributed by atoms with Crippen molar-refractivity contribution in [2.24, 2.45) is 7.05 Å². The quantitative estimate of drug-likeness (QED) is 0.521. The van der Waals surface area contributed by atoms with E-state index in [2.05, 4.69) is 4.98 Å². The highest BCUT2D eigenvalue weighted by atomic mass is 16.6. The van der Waals surface area contributed by atoms with Gasteiger partial charge in [0.05, 0.1) is 13.7 Å². The zero-order valence-corrected chi connectivity index (χ0v) is 7.77. The van der Waals surface area contributed by atoms with Crippen molar-refractivity contribution in [2.75, 3.05) is 6.61 Å². The van der Waals surface area contributed by atoms with Gasteiger partial charge in [-0.25, -0.2) is 4.57 Å². The van der Waals surface area contributed by atoms with E-state index in [0.717, 1.165) is 0 Å². The van der Waals surface area contributed by atoms with Crippen molar-refractivity contribution in [2.45, 2.75) is 13.8 Å². The average molecular weight is 185 g/mol. The van der Waals surface area contributed by atoms with E-state index in [1.165, 1.54) is 4.57 Å². The number of ether oxygens (including phenoxy) is 1. The Morgan fingerprint density at radius 1 is 1.69 bits per heavy atom. The molecule has 0 N–H and O–H groups in total. The number of imidazole rings is 1. The molecule has 1 aromatic rings. The molecule has 0 spiro atoms. The Balaban J connectivity index is 3.18. The number of hydrogen-bond acceptors (Lipinski definition) is 4. The SMILES string of the molecule is CCOc1nc(C)n(C)c1[N+](=O)[O-]. The predicted octanol–water partition coefficient (Wildman–Crippen LogP) is 1.04. The van der Waals surface area contributed by atoms with Crippen LogP contribution >= 0.6 is 0 Å². The number of nitro groups is 1. The maximum atomic E-state index is 10.6. The van der Waals surface area contributed by atoms with Crippen LogP contribution in [-0.4, -0.2) is 21.1 Å². The van der Waals surface area contributed by atoms with Crippen LogP contribution in [0.3, 0.4) is 0 Å². The summed E-state index contributed by atoms with van der Waals surface area (Å²) in [7, 11) is 1.59. The molecule has 0 aromatic carbocycles. The minimum Gasteiger partial charge on any atom is -0.472 e. The van der Waals surface area contributed by atoms with E-state index in [0.29, 0.717) is 12.4 Å². The smallest absolute Gasteiger partial charge is 0.387 e. The maximum Gasteiger partial charge on any atom is 0.387 e. The van der Waals surface area contributed by atoms with Crippen LogP contribution in [0, 0.1) is 17.0 Å². The third-order valence-corrected chi connectivity index (χ3v) is 1.71. The standard InChI is InChI=1S/C7H11N3O3/c1-4-13-6-7(10(11)12)9(3)5(2)8-6/h4H2,1-3H3. The molecule has 1 heterocycles. The molecule has 0 aliphatic heterocycles. The topological polar surface area (TPSA) is 70.2 Å². The van der Waals surface area contributed by atoms with Crippen molar-refractivity contribution >= 4 is 5.82 Å². The highest BCUT2D eigenvalue weighted by Gasteiger charge is 2.23. The van der Waals surface area contributed by atoms with E-state index in [1.54, 1.807) is 20.9 Å². The summed E-state index contributed by atoms with van der Waals surface area (Å²) in [6, 6.07) is 0. The first-order valence-electron chi connectivity index (χ1n) is 3.88. The lowest BCUT2D eigenvalue weighted by Crippen LogP contribution is -2.00. The summed E-state index contributed by atoms with van der Waals surface area (Å²) in [5.74, 6) is 0.557. The summed E-state index contributed by atoms with van der Waals surface area (Å²) < 4.78 is 6.42. The Hall–Kier alpha value is -1.59. The van der Waals surface area contributed by atoms with Gasteiger partial charge in [0.25, 0.3) is 0 Å². The molecule has 1 rings (SSSR count). The van der Waals surface area contributed by atoms with Crippen molar-refractivity contribution in [3.8, 4) is 5.88 Å². The van der Waals surface area contributed by atoms with Crippen molar-refractivity contribution in [3.63, 3.8) is 0 Å². The predicted molar refractivity (Wildman–Crippen MR) is 45.8 cm³/mol. The lowest BCUT2D eigenvalue weighted by molar-refractivity contribution is -0.392. The minimum atomic E-state index is -0.495. The van der Waals surface area contributed by atoms with Gasteiger partial charge in [-0.15, -0.1) is 0 Å². The molecular formula is C7H11N3O3. The molecule has 0 unspecified atom stereocenters. The van der Waals surface area contributed by atoms with E-state index >= 15 is 0 Å². The Morgan fingerprint density at radius 2 is 2.31 bits per heavy atom. The molecule has 0 atom stereocenters. The summed E-state index contributed by atoms with van der Waals surface area (Å²) in [6.07, 6.45) is 0. The van der Waals surface area contributed by atoms with Gasteiger partial charge in [0.15, 0.2) is 5.82 Å². The van der Waals surface area contributed by atoms with Crippen molar-refractivity contribution in [1.82, 2.24) is 9.55 Å². The van der Waals surface area contributed by atoms with Crippen LogP contribution in [0.2, 0.25) is 0 Å². The first-order chi connectivity index (χ1) is 6.07. The third-order valence-electron chi connectivity index (χ3n) is 1.71. The summed E-state index contributed by atoms with van der Waals surface area (Å²) >= 11 is 0. The fraction of sp³-hybridized carbons (Fsp3) is 0.571. The van der Waals surface area contributed by atoms with Gasteiger partial charge in [0.2, 0.25) is 0 Å². The minimum absolute atomic E-state index is 0.0903. The van der Waals surface area contributed by atoms with Gasteiger partial charge in [-0.3, -0.25) is 0 Å². The third kappa shape index (κ3) is 1.61. The molecule has 0 bridgehead atoms. The Bertz CT molecular complexity index is 332. The van der Waals surface area contributed by atoms with Gasteiger partial charge >= 0.3 is 11.7 Å². The molecular weight excluding hydrogens is 174 g/mol. The van der Waals surface area contributed by atoms with Gasteiger partial charge in [-0.2, -0.15) is 4.98 Å². The van der Waals surface area contributed by atoms with E-state index < -0.39 is 4.92 Å². The largest absolute Gasteiger partial charge is 0.472 e. The van der Waals surface area contributed by atoms with Crippen LogP contribution in [0.15, 0.2) is 0 Å². The van der Waals surface area contributed by atoms with E-state index in [-0.39, 0.29) is 11.7 Å². The number of rotatable bonds is 3. The Labute approximate surface area is 75.3 Å². The van der Waals surface area contributed by atoms with Gasteiger partial charge in [-0.1, -0.05) is 0 Å². The summed E-state index contributed by atoms with van der Waals surface area (Å²) in [5.41, 5.74) is 0. The van der Waals surface area contributed by atoms with Crippen LogP contribution < -0.4 is 4.74 Å². The van der Waals surface area contributed by atoms with Crippen LogP contribution in [0.4, 0.5) is 5.82 Å². The number of aryl methyl sites for hydroxylation is 1. The Morgan fingerprint density at radius 3 is 2.77 bits per heavy atom. The van der Waals surface area contributed by atoms with Gasteiger partial charge in [0, 0.05) is 6.92 Å². The zero-order valence-electron chi connectivity index (χ0n) is 7.77. The van der Waals surface area contributed by atoms with Gasteiger partial charge < -0.3 is 14.9 Å². The fourth-order valence-corrected chi connectivity index (χ4v) is 1.00. The molecule has 0 aliphatic carbocycles. The van der Waals surface area contributed by atoms with Crippen LogP contribution in [0.5, 0.6) is 5.88 Å². The molecule has 0 amide bonds. The lowest BCUT2D eigenvalue weighted by atomic mass is 10.6. The molecule has 0 aliphatic rings. The highest BCUT2D eigenvalue weighted by Crippen LogP contribution is 2.25. The monoisotopic (exact) mass is 185 g/mol. The van der Waals surface area contributed by atoms with Crippen molar-refractivity contribution in [3.05, 3.63) is 15.9 Å². The van der Waals surface area contributed by atoms with E-state index in [9.17, 15) is 10.1 Å². The molecule has 72 valence electrons. The van der Waals surface area contributed by atoms with Crippen LogP contribution in [-0.2, 0) is 7.05 Å². The first kappa shape index (κ1) is 9.50. The summed E-state index contributed by atoms with van der Waals surface area (Å²) in [4.78, 5) is 14.0. The second-order valence-corrected chi connectivity index (χ2v) is 2.54. The highest BCUT2D eigenvalue weighted by molar-refractivity contribution is 5.36. The molecule has 0 saturated heterocycles. The van der Waals surface area contributed by atoms with Crippen LogP contribution in [0.25, 0.3) is 0 Å². The van der Waals surface area contributed by atoms with E-state index in [1.807, 2.05) is 0 Å². The Kier molecular flexibility index (Phi) is 2.50. The molecule has 13 heavy (non-hydrogen) atoms. The molecule has 6 nitrogen and oxygen atoms in total. The fourth-order valence-electron chi connectivity index (χ4n) is 1.00. The molecule has 0 fully saturated rings. The molecule has 1 aromatic heterocycles. The lowest BCUT2D eigenvalue weighted by Gasteiger charge is -1.98. The number of nitrogens with zero attached hydrogens (tertiary/aromatic N) is 3. The molecule has 0 saturated carbocycles. The van der Waals surface area contributed by atoms with E-state index in [4.69, 9.17) is 4.74 Å². The average Bonchev–Trinajstić information content (AvgIpc) is 2.28. The number of aromatic nitrogens is 2. The van der Waals surface area contributed by atoms with Gasteiger partial charge in [0.1, 0.15) is 0 Å². The second kappa shape index (κ2) is 3.42. The normalized spacial score (nSPS) is 10.1. The van der Waals surface area contributed by atoms with Crippen molar-refractivity contribution in [1.29, 1.82) is 0 Å². The first-order valence-corrected chi connectivity index (χ1v) is 3.88. The zero-order chi connectivity index (χ0) is 10.0. The second-order valence-electron chi connectivity index (χ2n) is 2.54. The molecule has 6 heteroatoms. The van der Waals surface area contributed by atoms with Gasteiger partial charge in [-0.05, 0) is 11.8 Å². The maximum absolute atomic E-state index is 10.6. The van der Waals surface area contributed by atoms with Crippen LogP contribution in [0.1, 0.15) is 12.7 Å². The van der Waals surface area contributed by atoms with Crippen molar-refractivity contribution < 1.29 is 9.66 Å². The summed E-state index contributed by atoms with van der Waals surface area (Å²) in [6.45, 7) is 3.82. The molecule has 0 radical (unpaired) electrons. The number of hydrogen-bond donors (Lipinski definition) is 0. The summed E-state index contributed by atoms with van der Waals surface area (Å²) in [5, 5.41) is 10.6.